The zero-order valence-electron chi connectivity index (χ0n) is 18.3. The summed E-state index contributed by atoms with van der Waals surface area (Å²) >= 11 is 1.43. The van der Waals surface area contributed by atoms with E-state index in [1.807, 2.05) is 12.3 Å². The molecule has 0 bridgehead atoms. The van der Waals surface area contributed by atoms with Crippen LogP contribution in [0.1, 0.15) is 41.9 Å². The first-order valence-corrected chi connectivity index (χ1v) is 11.3. The van der Waals surface area contributed by atoms with Crippen molar-refractivity contribution in [1.29, 1.82) is 0 Å². The van der Waals surface area contributed by atoms with E-state index in [1.165, 1.54) is 34.4 Å². The molecular formula is C24H23FN4O3S. The number of rotatable bonds is 7. The van der Waals surface area contributed by atoms with Crippen molar-refractivity contribution in [1.82, 2.24) is 19.8 Å². The van der Waals surface area contributed by atoms with Gasteiger partial charge in [0.05, 0.1) is 18.0 Å². The molecule has 1 aliphatic heterocycles. The molecule has 7 nitrogen and oxygen atoms in total. The molecule has 3 aromatic rings. The number of carbonyl (C=O) groups excluding carboxylic acids is 3. The second-order valence-corrected chi connectivity index (χ2v) is 9.07. The summed E-state index contributed by atoms with van der Waals surface area (Å²) in [4.78, 5) is 51.0. The fourth-order valence-corrected chi connectivity index (χ4v) is 4.83. The molecule has 2 atom stereocenters. The number of hydrogen-bond acceptors (Lipinski definition) is 6. The molecule has 3 heterocycles. The number of amides is 3. The van der Waals surface area contributed by atoms with Crippen molar-refractivity contribution in [3.05, 3.63) is 82.3 Å². The van der Waals surface area contributed by atoms with Crippen LogP contribution in [0.3, 0.4) is 0 Å². The highest BCUT2D eigenvalue weighted by molar-refractivity contribution is 7.09. The third kappa shape index (κ3) is 4.41. The second kappa shape index (κ2) is 9.19. The summed E-state index contributed by atoms with van der Waals surface area (Å²) in [5.74, 6) is -1.77. The first kappa shape index (κ1) is 22.7. The van der Waals surface area contributed by atoms with Crippen molar-refractivity contribution in [2.75, 3.05) is 7.05 Å². The van der Waals surface area contributed by atoms with Gasteiger partial charge in [-0.15, -0.1) is 11.3 Å². The maximum absolute atomic E-state index is 14.1. The van der Waals surface area contributed by atoms with Crippen LogP contribution in [-0.4, -0.2) is 44.5 Å². The Kier molecular flexibility index (Phi) is 6.33. The third-order valence-corrected chi connectivity index (χ3v) is 7.03. The molecule has 0 radical (unpaired) electrons. The number of hydrogen-bond donors (Lipinski definition) is 0. The van der Waals surface area contributed by atoms with Gasteiger partial charge in [0, 0.05) is 43.9 Å². The van der Waals surface area contributed by atoms with Gasteiger partial charge < -0.3 is 4.90 Å². The Morgan fingerprint density at radius 2 is 2.09 bits per heavy atom. The molecule has 0 unspecified atom stereocenters. The minimum atomic E-state index is -1.48. The lowest BCUT2D eigenvalue weighted by atomic mass is 9.75. The van der Waals surface area contributed by atoms with Crippen LogP contribution in [-0.2, 0) is 26.3 Å². The van der Waals surface area contributed by atoms with Crippen LogP contribution >= 0.6 is 11.3 Å². The maximum Gasteiger partial charge on any atom is 0.241 e. The molecule has 3 amide bonds. The lowest BCUT2D eigenvalue weighted by Crippen LogP contribution is -2.43. The summed E-state index contributed by atoms with van der Waals surface area (Å²) in [6.07, 6.45) is 4.39. The van der Waals surface area contributed by atoms with Crippen molar-refractivity contribution in [2.45, 2.75) is 37.8 Å². The summed E-state index contributed by atoms with van der Waals surface area (Å²) in [5, 5.41) is 2.59. The van der Waals surface area contributed by atoms with Gasteiger partial charge in [0.2, 0.25) is 17.7 Å². The average Bonchev–Trinajstić information content (AvgIpc) is 3.43. The summed E-state index contributed by atoms with van der Waals surface area (Å²) in [5.41, 5.74) is -0.469. The van der Waals surface area contributed by atoms with Crippen molar-refractivity contribution in [3.8, 4) is 0 Å². The van der Waals surface area contributed by atoms with Crippen LogP contribution in [0.25, 0.3) is 0 Å². The lowest BCUT2D eigenvalue weighted by Gasteiger charge is -2.31. The van der Waals surface area contributed by atoms with Gasteiger partial charge in [-0.25, -0.2) is 9.37 Å². The predicted octanol–water partition coefficient (Wildman–Crippen LogP) is 3.48. The van der Waals surface area contributed by atoms with Crippen LogP contribution in [0.15, 0.2) is 60.4 Å². The zero-order valence-corrected chi connectivity index (χ0v) is 19.1. The Morgan fingerprint density at radius 1 is 1.27 bits per heavy atom. The molecular weight excluding hydrogens is 443 g/mol. The fraction of sp³-hybridized carbons (Fsp3) is 0.292. The summed E-state index contributed by atoms with van der Waals surface area (Å²) in [6, 6.07) is 8.77. The van der Waals surface area contributed by atoms with Crippen LogP contribution in [0, 0.1) is 5.82 Å². The molecule has 1 aromatic carbocycles. The van der Waals surface area contributed by atoms with Gasteiger partial charge >= 0.3 is 0 Å². The monoisotopic (exact) mass is 466 g/mol. The number of benzene rings is 1. The van der Waals surface area contributed by atoms with Gasteiger partial charge in [0.1, 0.15) is 10.8 Å². The van der Waals surface area contributed by atoms with E-state index in [2.05, 4.69) is 9.97 Å². The molecule has 2 aromatic heterocycles. The number of imide groups is 1. The number of nitrogens with zero attached hydrogens (tertiary/aromatic N) is 4. The minimum absolute atomic E-state index is 0.0438. The topological polar surface area (TPSA) is 83.5 Å². The standard InChI is InChI=1S/C24H23FN4O3S/c1-16(22-27-9-10-33-22)28(2)20(30)12-24(18-6-3-7-19(25)11-18)13-21(31)29(23(24)32)15-17-5-4-8-26-14-17/h3-11,14,16H,12-13,15H2,1-2H3/t16-,24+/m1/s1. The van der Waals surface area contributed by atoms with Crippen molar-refractivity contribution in [3.63, 3.8) is 0 Å². The van der Waals surface area contributed by atoms with Gasteiger partial charge in [-0.1, -0.05) is 18.2 Å². The normalized spacial score (nSPS) is 19.1. The molecule has 1 fully saturated rings. The van der Waals surface area contributed by atoms with Crippen LogP contribution in [0.4, 0.5) is 4.39 Å². The summed E-state index contributed by atoms with van der Waals surface area (Å²) in [7, 11) is 1.64. The van der Waals surface area contributed by atoms with E-state index in [9.17, 15) is 18.8 Å². The van der Waals surface area contributed by atoms with E-state index >= 15 is 0 Å². The first-order valence-electron chi connectivity index (χ1n) is 10.5. The number of aromatic nitrogens is 2. The Labute approximate surface area is 194 Å². The number of pyridine rings is 1. The summed E-state index contributed by atoms with van der Waals surface area (Å²) in [6.45, 7) is 1.89. The van der Waals surface area contributed by atoms with E-state index in [0.717, 1.165) is 9.91 Å². The fourth-order valence-electron chi connectivity index (χ4n) is 4.09. The maximum atomic E-state index is 14.1. The summed E-state index contributed by atoms with van der Waals surface area (Å²) < 4.78 is 14.1. The zero-order chi connectivity index (χ0) is 23.6. The highest BCUT2D eigenvalue weighted by Gasteiger charge is 2.54. The van der Waals surface area contributed by atoms with Crippen LogP contribution in [0.2, 0.25) is 0 Å². The molecule has 0 N–H and O–H groups in total. The van der Waals surface area contributed by atoms with Gasteiger partial charge in [-0.3, -0.25) is 24.3 Å². The van der Waals surface area contributed by atoms with Crippen LogP contribution < -0.4 is 0 Å². The Morgan fingerprint density at radius 3 is 2.76 bits per heavy atom. The molecule has 4 rings (SSSR count). The SMILES string of the molecule is C[C@H](c1nccs1)N(C)C(=O)C[C@@]1(c2cccc(F)c2)CC(=O)N(Cc2cccnc2)C1=O. The molecule has 1 aliphatic rings. The molecule has 1 saturated heterocycles. The Balaban J connectivity index is 1.67. The van der Waals surface area contributed by atoms with Gasteiger partial charge in [-0.05, 0) is 36.2 Å². The smallest absolute Gasteiger partial charge is 0.241 e. The molecule has 9 heteroatoms. The molecule has 0 saturated carbocycles. The van der Waals surface area contributed by atoms with E-state index < -0.39 is 23.0 Å². The van der Waals surface area contributed by atoms with E-state index in [1.54, 1.807) is 43.8 Å². The lowest BCUT2D eigenvalue weighted by molar-refractivity contribution is -0.143. The van der Waals surface area contributed by atoms with Crippen LogP contribution in [0.5, 0.6) is 0 Å². The molecule has 33 heavy (non-hydrogen) atoms. The van der Waals surface area contributed by atoms with Crippen molar-refractivity contribution in [2.24, 2.45) is 0 Å². The number of thiazole rings is 1. The second-order valence-electron chi connectivity index (χ2n) is 8.14. The van der Waals surface area contributed by atoms with Crippen molar-refractivity contribution >= 4 is 29.1 Å². The molecule has 0 aliphatic carbocycles. The Hall–Kier alpha value is -3.46. The molecule has 0 spiro atoms. The third-order valence-electron chi connectivity index (χ3n) is 6.09. The highest BCUT2D eigenvalue weighted by Crippen LogP contribution is 2.41. The number of likely N-dealkylation sites (tertiary alicyclic amines) is 1. The minimum Gasteiger partial charge on any atom is -0.337 e. The first-order chi connectivity index (χ1) is 15.8. The number of carbonyl (C=O) groups is 3. The van der Waals surface area contributed by atoms with E-state index in [4.69, 9.17) is 0 Å². The van der Waals surface area contributed by atoms with Gasteiger partial charge in [-0.2, -0.15) is 0 Å². The number of halogens is 1. The van der Waals surface area contributed by atoms with Gasteiger partial charge in [0.25, 0.3) is 0 Å². The highest BCUT2D eigenvalue weighted by atomic mass is 32.1. The van der Waals surface area contributed by atoms with Crippen molar-refractivity contribution < 1.29 is 18.8 Å². The van der Waals surface area contributed by atoms with Gasteiger partial charge in [0.15, 0.2) is 0 Å². The van der Waals surface area contributed by atoms with E-state index in [-0.39, 0.29) is 31.3 Å². The quantitative estimate of drug-likeness (QED) is 0.498. The Bertz CT molecular complexity index is 1170. The average molecular weight is 467 g/mol. The molecule has 170 valence electrons. The van der Waals surface area contributed by atoms with E-state index in [0.29, 0.717) is 11.1 Å². The predicted molar refractivity (Wildman–Crippen MR) is 120 cm³/mol. The largest absolute Gasteiger partial charge is 0.337 e.